The summed E-state index contributed by atoms with van der Waals surface area (Å²) in [5.74, 6) is 0.731. The summed E-state index contributed by atoms with van der Waals surface area (Å²) in [6, 6.07) is 19.0. The van der Waals surface area contributed by atoms with E-state index in [4.69, 9.17) is 0 Å². The Morgan fingerprint density at radius 2 is 1.76 bits per heavy atom. The average Bonchev–Trinajstić information content (AvgIpc) is 2.61. The Bertz CT molecular complexity index is 918. The van der Waals surface area contributed by atoms with E-state index in [2.05, 4.69) is 9.97 Å². The predicted octanol–water partition coefficient (Wildman–Crippen LogP) is 3.86. The summed E-state index contributed by atoms with van der Waals surface area (Å²) in [5, 5.41) is 0.606. The van der Waals surface area contributed by atoms with Crippen molar-refractivity contribution in [3.63, 3.8) is 0 Å². The normalized spacial score (nSPS) is 10.6. The van der Waals surface area contributed by atoms with Crippen LogP contribution in [0.25, 0.3) is 0 Å². The number of H-pyrrole nitrogens is 1. The summed E-state index contributed by atoms with van der Waals surface area (Å²) in [6.45, 7) is 1.55. The number of hydrogen-bond donors (Lipinski definition) is 1. The van der Waals surface area contributed by atoms with Gasteiger partial charge in [-0.2, -0.15) is 0 Å². The number of aromatic nitrogens is 2. The topological polar surface area (TPSA) is 62.8 Å². The maximum absolute atomic E-state index is 11.9. The lowest BCUT2D eigenvalue weighted by Crippen LogP contribution is -2.10. The number of nitrogens with zero attached hydrogens (tertiary/aromatic N) is 1. The van der Waals surface area contributed by atoms with Crippen molar-refractivity contribution in [1.82, 2.24) is 9.97 Å². The first-order chi connectivity index (χ1) is 12.1. The van der Waals surface area contributed by atoms with Gasteiger partial charge in [0, 0.05) is 23.8 Å². The molecule has 0 unspecified atom stereocenters. The Morgan fingerprint density at radius 3 is 2.44 bits per heavy atom. The summed E-state index contributed by atoms with van der Waals surface area (Å²) in [7, 11) is 0. The quantitative estimate of drug-likeness (QED) is 0.417. The number of thioether (sulfide) groups is 1. The van der Waals surface area contributed by atoms with Gasteiger partial charge in [0.15, 0.2) is 10.9 Å². The van der Waals surface area contributed by atoms with E-state index in [1.165, 1.54) is 11.8 Å². The molecular weight excluding hydrogens is 332 g/mol. The zero-order valence-electron chi connectivity index (χ0n) is 13.9. The van der Waals surface area contributed by atoms with E-state index in [1.807, 2.05) is 54.6 Å². The highest BCUT2D eigenvalue weighted by Gasteiger charge is 2.05. The molecule has 0 bridgehead atoms. The molecule has 1 heterocycles. The first kappa shape index (κ1) is 17.2. The molecule has 0 saturated carbocycles. The van der Waals surface area contributed by atoms with E-state index >= 15 is 0 Å². The Hall–Kier alpha value is -2.66. The van der Waals surface area contributed by atoms with Gasteiger partial charge in [-0.1, -0.05) is 66.4 Å². The highest BCUT2D eigenvalue weighted by molar-refractivity contribution is 7.98. The predicted molar refractivity (Wildman–Crippen MR) is 100 cm³/mol. The molecule has 126 valence electrons. The van der Waals surface area contributed by atoms with Gasteiger partial charge >= 0.3 is 0 Å². The molecule has 1 N–H and O–H groups in total. The monoisotopic (exact) mass is 350 g/mol. The van der Waals surface area contributed by atoms with Crippen LogP contribution < -0.4 is 5.56 Å². The minimum absolute atomic E-state index is 0.0545. The van der Waals surface area contributed by atoms with Crippen molar-refractivity contribution < 1.29 is 4.79 Å². The Balaban J connectivity index is 1.70. The van der Waals surface area contributed by atoms with Gasteiger partial charge in [-0.3, -0.25) is 9.59 Å². The van der Waals surface area contributed by atoms with Gasteiger partial charge in [0.05, 0.1) is 5.69 Å². The van der Waals surface area contributed by atoms with Crippen molar-refractivity contribution in [3.8, 4) is 0 Å². The fourth-order valence-corrected chi connectivity index (χ4v) is 3.29. The number of rotatable bonds is 6. The van der Waals surface area contributed by atoms with Gasteiger partial charge in [0.25, 0.3) is 5.56 Å². The molecular formula is C20H18N2O2S. The molecule has 25 heavy (non-hydrogen) atoms. The molecule has 1 aromatic heterocycles. The summed E-state index contributed by atoms with van der Waals surface area (Å²) in [4.78, 5) is 30.5. The lowest BCUT2D eigenvalue weighted by atomic mass is 10.1. The second kappa shape index (κ2) is 7.94. The van der Waals surface area contributed by atoms with Crippen LogP contribution in [0.5, 0.6) is 0 Å². The van der Waals surface area contributed by atoms with E-state index in [1.54, 1.807) is 13.0 Å². The van der Waals surface area contributed by atoms with Crippen molar-refractivity contribution in [2.45, 2.75) is 24.3 Å². The van der Waals surface area contributed by atoms with E-state index in [0.29, 0.717) is 22.9 Å². The van der Waals surface area contributed by atoms with E-state index in [-0.39, 0.29) is 11.3 Å². The number of benzene rings is 2. The molecule has 3 aromatic rings. The van der Waals surface area contributed by atoms with Gasteiger partial charge in [-0.05, 0) is 18.1 Å². The van der Waals surface area contributed by atoms with Crippen LogP contribution in [0.4, 0.5) is 0 Å². The number of Topliss-reactive ketones (excluding diaryl/α,β-unsaturated/α-hetero) is 1. The second-order valence-electron chi connectivity index (χ2n) is 5.75. The van der Waals surface area contributed by atoms with Crippen LogP contribution in [-0.4, -0.2) is 15.8 Å². The van der Waals surface area contributed by atoms with E-state index < -0.39 is 0 Å². The molecule has 0 fully saturated rings. The Morgan fingerprint density at radius 1 is 1.04 bits per heavy atom. The molecule has 0 amide bonds. The van der Waals surface area contributed by atoms with Crippen LogP contribution in [-0.2, 0) is 12.2 Å². The van der Waals surface area contributed by atoms with Crippen LogP contribution in [0.15, 0.2) is 70.6 Å². The van der Waals surface area contributed by atoms with Crippen LogP contribution in [0, 0.1) is 0 Å². The summed E-state index contributed by atoms with van der Waals surface area (Å²) in [5.41, 5.74) is 3.51. The molecule has 0 saturated heterocycles. The molecule has 3 rings (SSSR count). The van der Waals surface area contributed by atoms with Crippen molar-refractivity contribution in [3.05, 3.63) is 93.4 Å². The first-order valence-electron chi connectivity index (χ1n) is 7.97. The number of ketones is 1. The number of carbonyl (C=O) groups excluding carboxylic acids is 1. The molecule has 2 aromatic carbocycles. The van der Waals surface area contributed by atoms with Gasteiger partial charge in [0.1, 0.15) is 0 Å². The molecule has 0 radical (unpaired) electrons. The third-order valence-electron chi connectivity index (χ3n) is 3.74. The highest BCUT2D eigenvalue weighted by atomic mass is 32.2. The van der Waals surface area contributed by atoms with Crippen molar-refractivity contribution in [2.24, 2.45) is 0 Å². The van der Waals surface area contributed by atoms with Gasteiger partial charge in [-0.15, -0.1) is 0 Å². The Kier molecular flexibility index (Phi) is 5.46. The lowest BCUT2D eigenvalue weighted by Gasteiger charge is -2.05. The smallest absolute Gasteiger partial charge is 0.251 e. The third kappa shape index (κ3) is 4.90. The molecule has 0 atom stereocenters. The minimum Gasteiger partial charge on any atom is -0.301 e. The Labute approximate surface area is 150 Å². The lowest BCUT2D eigenvalue weighted by molar-refractivity contribution is 0.101. The van der Waals surface area contributed by atoms with Gasteiger partial charge in [0.2, 0.25) is 0 Å². The minimum atomic E-state index is -0.143. The van der Waals surface area contributed by atoms with Crippen LogP contribution in [0.2, 0.25) is 0 Å². The molecule has 5 heteroatoms. The molecule has 4 nitrogen and oxygen atoms in total. The average molecular weight is 350 g/mol. The molecule has 0 aliphatic rings. The number of carbonyl (C=O) groups is 1. The number of hydrogen-bond acceptors (Lipinski definition) is 4. The van der Waals surface area contributed by atoms with Crippen LogP contribution in [0.3, 0.4) is 0 Å². The number of aromatic amines is 1. The van der Waals surface area contributed by atoms with E-state index in [9.17, 15) is 9.59 Å². The van der Waals surface area contributed by atoms with Crippen molar-refractivity contribution >= 4 is 17.5 Å². The first-order valence-corrected chi connectivity index (χ1v) is 8.95. The zero-order chi connectivity index (χ0) is 17.6. The molecule has 0 spiro atoms. The maximum Gasteiger partial charge on any atom is 0.251 e. The maximum atomic E-state index is 11.9. The van der Waals surface area contributed by atoms with E-state index in [0.717, 1.165) is 16.8 Å². The fourth-order valence-electron chi connectivity index (χ4n) is 2.43. The standard InChI is InChI=1S/C20H18N2O2S/c1-14(23)17-9-7-16(8-10-17)13-25-20-21-18(12-19(24)22-20)11-15-5-3-2-4-6-15/h2-10,12H,11,13H2,1H3,(H,21,22,24). The number of nitrogens with one attached hydrogen (secondary N) is 1. The van der Waals surface area contributed by atoms with Crippen LogP contribution in [0.1, 0.15) is 34.1 Å². The van der Waals surface area contributed by atoms with Crippen molar-refractivity contribution in [1.29, 1.82) is 0 Å². The van der Waals surface area contributed by atoms with Gasteiger partial charge < -0.3 is 4.98 Å². The van der Waals surface area contributed by atoms with Gasteiger partial charge in [-0.25, -0.2) is 4.98 Å². The zero-order valence-corrected chi connectivity index (χ0v) is 14.7. The summed E-state index contributed by atoms with van der Waals surface area (Å²) in [6.07, 6.45) is 0.631. The molecule has 0 aliphatic carbocycles. The van der Waals surface area contributed by atoms with Crippen LogP contribution >= 0.6 is 11.8 Å². The largest absolute Gasteiger partial charge is 0.301 e. The van der Waals surface area contributed by atoms with Crippen molar-refractivity contribution in [2.75, 3.05) is 0 Å². The highest BCUT2D eigenvalue weighted by Crippen LogP contribution is 2.19. The summed E-state index contributed by atoms with van der Waals surface area (Å²) < 4.78 is 0. The fraction of sp³-hybridized carbons (Fsp3) is 0.150. The second-order valence-corrected chi connectivity index (χ2v) is 6.71. The third-order valence-corrected chi connectivity index (χ3v) is 4.68. The molecule has 0 aliphatic heterocycles. The summed E-state index contributed by atoms with van der Waals surface area (Å²) >= 11 is 1.48. The SMILES string of the molecule is CC(=O)c1ccc(CSc2nc(Cc3ccccc3)cc(=O)[nH]2)cc1.